The number of aromatic hydroxyl groups is 1. The molecule has 0 spiro atoms. The highest BCUT2D eigenvalue weighted by molar-refractivity contribution is 8.00. The van der Waals surface area contributed by atoms with Crippen molar-refractivity contribution in [3.8, 4) is 5.75 Å². The molecule has 0 saturated carbocycles. The number of carbonyl (C=O) groups excluding carboxylic acids is 3. The van der Waals surface area contributed by atoms with E-state index in [-0.39, 0.29) is 16.9 Å². The fourth-order valence-corrected chi connectivity index (χ4v) is 4.54. The summed E-state index contributed by atoms with van der Waals surface area (Å²) < 4.78 is 4.61. The van der Waals surface area contributed by atoms with Crippen molar-refractivity contribution in [2.45, 2.75) is 11.4 Å². The number of hydrogen-bond donors (Lipinski definition) is 5. The van der Waals surface area contributed by atoms with Gasteiger partial charge in [-0.15, -0.1) is 11.8 Å². The van der Waals surface area contributed by atoms with Crippen LogP contribution in [-0.4, -0.2) is 78.6 Å². The summed E-state index contributed by atoms with van der Waals surface area (Å²) in [7, 11) is 0. The number of phenolic OH excluding ortho intramolecular Hbond substituents is 1. The monoisotopic (exact) mass is 481 g/mol. The van der Waals surface area contributed by atoms with Crippen LogP contribution in [0.25, 0.3) is 0 Å². The molecule has 0 radical (unpaired) electrons. The van der Waals surface area contributed by atoms with E-state index in [1.807, 2.05) is 0 Å². The summed E-state index contributed by atoms with van der Waals surface area (Å²) in [6, 6.07) is 1.64. The summed E-state index contributed by atoms with van der Waals surface area (Å²) in [6.45, 7) is -0.432. The smallest absolute Gasteiger partial charge is 0.404 e. The van der Waals surface area contributed by atoms with E-state index in [1.54, 1.807) is 0 Å². The Labute approximate surface area is 187 Å². The zero-order chi connectivity index (χ0) is 24.4. The van der Waals surface area contributed by atoms with E-state index in [2.05, 4.69) is 15.2 Å². The van der Waals surface area contributed by atoms with Crippen molar-refractivity contribution in [3.05, 3.63) is 45.1 Å². The number of primary amides is 1. The number of hydrogen-bond acceptors (Lipinski definition) is 11. The summed E-state index contributed by atoms with van der Waals surface area (Å²) in [6.07, 6.45) is -1.12. The van der Waals surface area contributed by atoms with Crippen LogP contribution in [0.1, 0.15) is 5.56 Å². The van der Waals surface area contributed by atoms with Crippen molar-refractivity contribution in [2.75, 3.05) is 12.4 Å². The van der Waals surface area contributed by atoms with Gasteiger partial charge in [0.05, 0.1) is 4.92 Å². The van der Waals surface area contributed by atoms with Crippen molar-refractivity contribution in [3.63, 3.8) is 0 Å². The number of carboxylic acid groups (broad SMARTS) is 1. The maximum absolute atomic E-state index is 12.6. The molecule has 6 N–H and O–H groups in total. The number of ether oxygens (including phenoxy) is 1. The number of carboxylic acids is 1. The number of nitro benzene ring substituents is 1. The van der Waals surface area contributed by atoms with E-state index in [0.29, 0.717) is 0 Å². The molecule has 1 saturated heterocycles. The number of β-lactam (4-membered cyclic amide) rings is 1. The Morgan fingerprint density at radius 3 is 2.67 bits per heavy atom. The lowest BCUT2D eigenvalue weighted by Crippen LogP contribution is -2.71. The number of rotatable bonds is 7. The number of phenols is 1. The number of carbonyl (C=O) groups is 4. The van der Waals surface area contributed by atoms with Crippen molar-refractivity contribution >= 4 is 47.0 Å². The van der Waals surface area contributed by atoms with Crippen LogP contribution >= 0.6 is 11.8 Å². The highest BCUT2D eigenvalue weighted by Crippen LogP contribution is 2.40. The predicted molar refractivity (Wildman–Crippen MR) is 108 cm³/mol. The summed E-state index contributed by atoms with van der Waals surface area (Å²) in [5.74, 6) is -3.92. The fourth-order valence-electron chi connectivity index (χ4n) is 3.21. The van der Waals surface area contributed by atoms with Gasteiger partial charge in [-0.2, -0.15) is 0 Å². The van der Waals surface area contributed by atoms with Crippen LogP contribution < -0.4 is 11.1 Å². The van der Waals surface area contributed by atoms with Crippen LogP contribution in [0.5, 0.6) is 5.75 Å². The first kappa shape index (κ1) is 23.3. The molecular formula is C17H15N5O10S. The molecule has 2 atom stereocenters. The number of thioether (sulfide) groups is 1. The second kappa shape index (κ2) is 9.03. The third-order valence-electron chi connectivity index (χ3n) is 4.69. The van der Waals surface area contributed by atoms with Crippen molar-refractivity contribution in [2.24, 2.45) is 10.9 Å². The van der Waals surface area contributed by atoms with Crippen LogP contribution in [0.3, 0.4) is 0 Å². The molecule has 1 fully saturated rings. The van der Waals surface area contributed by atoms with Crippen LogP contribution in [0, 0.1) is 10.1 Å². The standard InChI is InChI=1S/C17H15N5O10S/c18-17(28)32-4-7-5-33-15-11(14(25)21(15)12(7)16(26)27)19-13(24)10(20-29)6-1-2-9(23)8(3-6)22(30)31/h1-3,11,15,23,29H,4-5H2,(H2,18,28)(H,19,24)(H,26,27)/t11?,15-/m1/s1. The summed E-state index contributed by atoms with van der Waals surface area (Å²) in [5.41, 5.74) is 3.00. The molecule has 33 heavy (non-hydrogen) atoms. The number of benzene rings is 1. The number of nitrogens with one attached hydrogen (secondary N) is 1. The topological polar surface area (TPSA) is 235 Å². The molecule has 15 nitrogen and oxygen atoms in total. The summed E-state index contributed by atoms with van der Waals surface area (Å²) in [4.78, 5) is 58.7. The molecule has 3 rings (SSSR count). The minimum Gasteiger partial charge on any atom is -0.502 e. The molecule has 0 bridgehead atoms. The van der Waals surface area contributed by atoms with E-state index in [9.17, 15) is 44.7 Å². The van der Waals surface area contributed by atoms with Gasteiger partial charge in [0, 0.05) is 23.0 Å². The van der Waals surface area contributed by atoms with Gasteiger partial charge < -0.3 is 31.2 Å². The van der Waals surface area contributed by atoms with Crippen LogP contribution in [0.4, 0.5) is 10.5 Å². The number of aliphatic carboxylic acids is 1. The fraction of sp³-hybridized carbons (Fsp3) is 0.235. The lowest BCUT2D eigenvalue weighted by atomic mass is 10.0. The molecule has 1 aromatic rings. The lowest BCUT2D eigenvalue weighted by Gasteiger charge is -2.49. The number of nitrogens with zero attached hydrogens (tertiary/aromatic N) is 3. The van der Waals surface area contributed by atoms with Gasteiger partial charge in [0.15, 0.2) is 11.5 Å². The van der Waals surface area contributed by atoms with Crippen LogP contribution in [-0.2, 0) is 19.1 Å². The second-order valence-electron chi connectivity index (χ2n) is 6.64. The molecule has 1 aromatic carbocycles. The molecule has 2 aliphatic rings. The Hall–Kier alpha value is -4.34. The molecule has 2 aliphatic heterocycles. The number of nitrogens with two attached hydrogens (primary N) is 1. The SMILES string of the molecule is NC(=O)OCC1=C(C(=O)O)N2C(=O)C(NC(=O)C(=NO)c3ccc(O)c([N+](=O)[O-])c3)[C@H]2SC1. The largest absolute Gasteiger partial charge is 0.502 e. The predicted octanol–water partition coefficient (Wildman–Crippen LogP) is -0.687. The molecule has 16 heteroatoms. The molecule has 174 valence electrons. The average molecular weight is 481 g/mol. The molecule has 2 heterocycles. The van der Waals surface area contributed by atoms with Crippen molar-refractivity contribution < 1.29 is 44.3 Å². The van der Waals surface area contributed by atoms with Gasteiger partial charge in [-0.05, 0) is 12.1 Å². The van der Waals surface area contributed by atoms with E-state index >= 15 is 0 Å². The van der Waals surface area contributed by atoms with E-state index in [4.69, 9.17) is 5.73 Å². The third kappa shape index (κ3) is 4.36. The van der Waals surface area contributed by atoms with Gasteiger partial charge >= 0.3 is 17.7 Å². The first-order valence-corrected chi connectivity index (χ1v) is 9.94. The third-order valence-corrected chi connectivity index (χ3v) is 6.03. The Morgan fingerprint density at radius 2 is 2.09 bits per heavy atom. The molecule has 1 unspecified atom stereocenters. The maximum Gasteiger partial charge on any atom is 0.404 e. The van der Waals surface area contributed by atoms with E-state index < -0.39 is 69.7 Å². The second-order valence-corrected chi connectivity index (χ2v) is 7.74. The van der Waals surface area contributed by atoms with Gasteiger partial charge in [0.25, 0.3) is 11.8 Å². The quantitative estimate of drug-likeness (QED) is 0.107. The first-order chi connectivity index (χ1) is 15.6. The molecule has 3 amide bonds. The van der Waals surface area contributed by atoms with Gasteiger partial charge in [0.2, 0.25) is 0 Å². The molecule has 0 aliphatic carbocycles. The highest BCUT2D eigenvalue weighted by atomic mass is 32.2. The normalized spacial score (nSPS) is 19.9. The Kier molecular flexibility index (Phi) is 6.38. The molecular weight excluding hydrogens is 466 g/mol. The van der Waals surface area contributed by atoms with E-state index in [0.717, 1.165) is 34.9 Å². The number of nitro groups is 1. The minimum atomic E-state index is -1.45. The van der Waals surface area contributed by atoms with Gasteiger partial charge in [-0.25, -0.2) is 9.59 Å². The number of oxime groups is 1. The number of amides is 3. The maximum atomic E-state index is 12.6. The summed E-state index contributed by atoms with van der Waals surface area (Å²) in [5, 5.41) is 43.6. The van der Waals surface area contributed by atoms with Gasteiger partial charge in [0.1, 0.15) is 23.7 Å². The molecule has 0 aromatic heterocycles. The van der Waals surface area contributed by atoms with Gasteiger partial charge in [-0.3, -0.25) is 24.6 Å². The average Bonchev–Trinajstić information content (AvgIpc) is 2.76. The lowest BCUT2D eigenvalue weighted by molar-refractivity contribution is -0.385. The Balaban J connectivity index is 1.79. The summed E-state index contributed by atoms with van der Waals surface area (Å²) >= 11 is 1.08. The van der Waals surface area contributed by atoms with Crippen LogP contribution in [0.2, 0.25) is 0 Å². The number of fused-ring (bicyclic) bond motifs is 1. The first-order valence-electron chi connectivity index (χ1n) is 8.89. The highest BCUT2D eigenvalue weighted by Gasteiger charge is 2.54. The van der Waals surface area contributed by atoms with Crippen LogP contribution in [0.15, 0.2) is 34.6 Å². The zero-order valence-electron chi connectivity index (χ0n) is 16.3. The van der Waals surface area contributed by atoms with Crippen molar-refractivity contribution in [1.29, 1.82) is 0 Å². The minimum absolute atomic E-state index is 0.0564. The van der Waals surface area contributed by atoms with E-state index in [1.165, 1.54) is 0 Å². The van der Waals surface area contributed by atoms with Crippen molar-refractivity contribution in [1.82, 2.24) is 10.2 Å². The Bertz CT molecular complexity index is 1130. The van der Waals surface area contributed by atoms with Gasteiger partial charge in [-0.1, -0.05) is 5.16 Å². The Morgan fingerprint density at radius 1 is 1.39 bits per heavy atom. The zero-order valence-corrected chi connectivity index (χ0v) is 17.1.